The van der Waals surface area contributed by atoms with Crippen molar-refractivity contribution in [1.82, 2.24) is 0 Å². The molecular formula is C15H16BrNO2S. The number of nitrogen functional groups attached to an aromatic ring is 1. The van der Waals surface area contributed by atoms with Gasteiger partial charge in [-0.05, 0) is 31.2 Å². The van der Waals surface area contributed by atoms with Crippen LogP contribution in [-0.2, 0) is 16.6 Å². The highest BCUT2D eigenvalue weighted by atomic mass is 79.9. The van der Waals surface area contributed by atoms with Crippen LogP contribution in [0.15, 0.2) is 45.8 Å². The Morgan fingerprint density at radius 3 is 2.65 bits per heavy atom. The second-order valence-corrected chi connectivity index (χ2v) is 6.82. The fourth-order valence-electron chi connectivity index (χ4n) is 1.97. The van der Waals surface area contributed by atoms with Gasteiger partial charge in [-0.2, -0.15) is 0 Å². The zero-order valence-electron chi connectivity index (χ0n) is 11.4. The number of methoxy groups -OCH3 is 1. The van der Waals surface area contributed by atoms with Gasteiger partial charge >= 0.3 is 0 Å². The molecule has 1 unspecified atom stereocenters. The largest absolute Gasteiger partial charge is 0.496 e. The molecule has 2 rings (SSSR count). The first-order chi connectivity index (χ1) is 9.51. The molecular weight excluding hydrogens is 338 g/mol. The molecule has 0 aliphatic heterocycles. The van der Waals surface area contributed by atoms with Gasteiger partial charge in [0.05, 0.1) is 28.6 Å². The molecule has 2 aromatic carbocycles. The quantitative estimate of drug-likeness (QED) is 0.853. The summed E-state index contributed by atoms with van der Waals surface area (Å²) in [6.45, 7) is 2.00. The number of benzene rings is 2. The summed E-state index contributed by atoms with van der Waals surface area (Å²) < 4.78 is 18.7. The maximum atomic E-state index is 12.5. The lowest BCUT2D eigenvalue weighted by Gasteiger charge is -2.11. The van der Waals surface area contributed by atoms with E-state index in [1.807, 2.05) is 31.2 Å². The summed E-state index contributed by atoms with van der Waals surface area (Å²) in [7, 11) is 0.416. The van der Waals surface area contributed by atoms with Crippen molar-refractivity contribution in [1.29, 1.82) is 0 Å². The van der Waals surface area contributed by atoms with E-state index >= 15 is 0 Å². The number of anilines is 1. The topological polar surface area (TPSA) is 52.3 Å². The molecule has 0 spiro atoms. The van der Waals surface area contributed by atoms with Crippen molar-refractivity contribution in [3.05, 3.63) is 52.0 Å². The fraction of sp³-hybridized carbons (Fsp3) is 0.200. The number of aryl methyl sites for hydroxylation is 1. The van der Waals surface area contributed by atoms with Crippen LogP contribution in [0.2, 0.25) is 0 Å². The molecule has 0 bridgehead atoms. The summed E-state index contributed by atoms with van der Waals surface area (Å²) in [4.78, 5) is 0.650. The standard InChI is InChI=1S/C15H16BrNO2S/c1-10-3-5-14(19-2)11(7-10)9-20(18)15-6-4-12(16)8-13(15)17/h3-8H,9,17H2,1-2H3. The number of nitrogens with two attached hydrogens (primary N) is 1. The summed E-state index contributed by atoms with van der Waals surface area (Å²) in [6, 6.07) is 11.3. The molecule has 0 saturated heterocycles. The number of halogens is 1. The van der Waals surface area contributed by atoms with E-state index < -0.39 is 10.8 Å². The molecule has 5 heteroatoms. The number of hydrogen-bond donors (Lipinski definition) is 1. The van der Waals surface area contributed by atoms with Crippen LogP contribution >= 0.6 is 15.9 Å². The van der Waals surface area contributed by atoms with Crippen molar-refractivity contribution in [3.63, 3.8) is 0 Å². The van der Waals surface area contributed by atoms with Crippen LogP contribution < -0.4 is 10.5 Å². The van der Waals surface area contributed by atoms with E-state index in [2.05, 4.69) is 15.9 Å². The first kappa shape index (κ1) is 15.1. The van der Waals surface area contributed by atoms with Gasteiger partial charge < -0.3 is 10.5 Å². The van der Waals surface area contributed by atoms with Crippen molar-refractivity contribution < 1.29 is 8.95 Å². The minimum Gasteiger partial charge on any atom is -0.496 e. The molecule has 0 fully saturated rings. The molecule has 0 aliphatic rings. The minimum atomic E-state index is -1.20. The van der Waals surface area contributed by atoms with Gasteiger partial charge in [-0.25, -0.2) is 0 Å². The highest BCUT2D eigenvalue weighted by Gasteiger charge is 2.12. The molecule has 0 amide bonds. The molecule has 0 radical (unpaired) electrons. The van der Waals surface area contributed by atoms with Gasteiger partial charge in [0.2, 0.25) is 0 Å². The van der Waals surface area contributed by atoms with Gasteiger partial charge in [-0.3, -0.25) is 4.21 Å². The zero-order chi connectivity index (χ0) is 14.7. The Balaban J connectivity index is 2.30. The van der Waals surface area contributed by atoms with E-state index in [0.717, 1.165) is 21.3 Å². The van der Waals surface area contributed by atoms with Crippen molar-refractivity contribution in [2.24, 2.45) is 0 Å². The molecule has 2 aromatic rings. The smallest absolute Gasteiger partial charge is 0.123 e. The lowest BCUT2D eigenvalue weighted by molar-refractivity contribution is 0.411. The van der Waals surface area contributed by atoms with Crippen molar-refractivity contribution in [2.75, 3.05) is 12.8 Å². The lowest BCUT2D eigenvalue weighted by atomic mass is 10.1. The number of ether oxygens (including phenoxy) is 1. The number of hydrogen-bond acceptors (Lipinski definition) is 3. The van der Waals surface area contributed by atoms with E-state index in [1.165, 1.54) is 0 Å². The summed E-state index contributed by atoms with van der Waals surface area (Å²) >= 11 is 3.35. The minimum absolute atomic E-state index is 0.386. The van der Waals surface area contributed by atoms with Crippen LogP contribution in [0.25, 0.3) is 0 Å². The van der Waals surface area contributed by atoms with E-state index in [9.17, 15) is 4.21 Å². The molecule has 20 heavy (non-hydrogen) atoms. The van der Waals surface area contributed by atoms with Gasteiger partial charge in [0, 0.05) is 15.7 Å². The van der Waals surface area contributed by atoms with Crippen LogP contribution in [0.4, 0.5) is 5.69 Å². The summed E-state index contributed by atoms with van der Waals surface area (Å²) in [5.74, 6) is 1.14. The van der Waals surface area contributed by atoms with Crippen molar-refractivity contribution >= 4 is 32.4 Å². The Kier molecular flexibility index (Phi) is 4.83. The Bertz CT molecular complexity index is 658. The first-order valence-corrected chi connectivity index (χ1v) is 8.19. The second-order valence-electron chi connectivity index (χ2n) is 4.49. The summed E-state index contributed by atoms with van der Waals surface area (Å²) in [5.41, 5.74) is 8.49. The number of rotatable bonds is 4. The van der Waals surface area contributed by atoms with Crippen molar-refractivity contribution in [2.45, 2.75) is 17.6 Å². The maximum absolute atomic E-state index is 12.5. The van der Waals surface area contributed by atoms with Crippen LogP contribution in [-0.4, -0.2) is 11.3 Å². The molecule has 0 aliphatic carbocycles. The van der Waals surface area contributed by atoms with Gasteiger partial charge in [-0.1, -0.05) is 33.6 Å². The van der Waals surface area contributed by atoms with Crippen LogP contribution in [0.1, 0.15) is 11.1 Å². The third-order valence-electron chi connectivity index (χ3n) is 2.94. The lowest BCUT2D eigenvalue weighted by Crippen LogP contribution is -2.02. The molecule has 0 saturated carbocycles. The van der Waals surface area contributed by atoms with E-state index in [4.69, 9.17) is 10.5 Å². The third-order valence-corrected chi connectivity index (χ3v) is 4.87. The molecule has 1 atom stereocenters. The highest BCUT2D eigenvalue weighted by molar-refractivity contribution is 9.10. The second kappa shape index (κ2) is 6.41. The van der Waals surface area contributed by atoms with E-state index in [1.54, 1.807) is 19.2 Å². The Morgan fingerprint density at radius 2 is 2.00 bits per heavy atom. The monoisotopic (exact) mass is 353 g/mol. The van der Waals surface area contributed by atoms with E-state index in [-0.39, 0.29) is 0 Å². The van der Waals surface area contributed by atoms with Gasteiger partial charge in [0.1, 0.15) is 5.75 Å². The Labute approximate surface area is 129 Å². The van der Waals surface area contributed by atoms with Crippen LogP contribution in [0.3, 0.4) is 0 Å². The Morgan fingerprint density at radius 1 is 1.25 bits per heavy atom. The van der Waals surface area contributed by atoms with E-state index in [0.29, 0.717) is 16.3 Å². The molecule has 0 heterocycles. The third kappa shape index (κ3) is 3.41. The first-order valence-electron chi connectivity index (χ1n) is 6.08. The SMILES string of the molecule is COc1ccc(C)cc1CS(=O)c1ccc(Br)cc1N. The summed E-state index contributed by atoms with van der Waals surface area (Å²) in [6.07, 6.45) is 0. The Hall–Kier alpha value is -1.33. The highest BCUT2D eigenvalue weighted by Crippen LogP contribution is 2.26. The molecule has 3 nitrogen and oxygen atoms in total. The fourth-order valence-corrected chi connectivity index (χ4v) is 3.55. The van der Waals surface area contributed by atoms with Crippen LogP contribution in [0, 0.1) is 6.92 Å². The van der Waals surface area contributed by atoms with Crippen LogP contribution in [0.5, 0.6) is 5.75 Å². The van der Waals surface area contributed by atoms with Gasteiger partial charge in [0.25, 0.3) is 0 Å². The molecule has 106 valence electrons. The summed E-state index contributed by atoms with van der Waals surface area (Å²) in [5, 5.41) is 0. The van der Waals surface area contributed by atoms with Gasteiger partial charge in [0.15, 0.2) is 0 Å². The average Bonchev–Trinajstić information content (AvgIpc) is 2.38. The maximum Gasteiger partial charge on any atom is 0.123 e. The zero-order valence-corrected chi connectivity index (χ0v) is 13.8. The normalized spacial score (nSPS) is 12.2. The van der Waals surface area contributed by atoms with Gasteiger partial charge in [-0.15, -0.1) is 0 Å². The molecule has 0 aromatic heterocycles. The predicted octanol–water partition coefficient (Wildman–Crippen LogP) is 3.66. The van der Waals surface area contributed by atoms with Crippen molar-refractivity contribution in [3.8, 4) is 5.75 Å². The predicted molar refractivity (Wildman–Crippen MR) is 86.4 cm³/mol. The molecule has 2 N–H and O–H groups in total. The average molecular weight is 354 g/mol.